The molecule has 2 N–H and O–H groups in total. The predicted octanol–water partition coefficient (Wildman–Crippen LogP) is 3.88. The topological polar surface area (TPSA) is 58.9 Å². The van der Waals surface area contributed by atoms with E-state index in [0.29, 0.717) is 17.9 Å². The van der Waals surface area contributed by atoms with Crippen LogP contribution in [0.2, 0.25) is 0 Å². The third kappa shape index (κ3) is 3.27. The van der Waals surface area contributed by atoms with Gasteiger partial charge in [-0.05, 0) is 57.0 Å². The molecule has 1 aliphatic heterocycles. The summed E-state index contributed by atoms with van der Waals surface area (Å²) in [4.78, 5) is 0. The smallest absolute Gasteiger partial charge is 0.131 e. The summed E-state index contributed by atoms with van der Waals surface area (Å²) < 4.78 is 11.8. The molecule has 4 nitrogen and oxygen atoms in total. The third-order valence-corrected chi connectivity index (χ3v) is 4.12. The Labute approximate surface area is 136 Å². The Morgan fingerprint density at radius 1 is 1.09 bits per heavy atom. The quantitative estimate of drug-likeness (QED) is 0.903. The van der Waals surface area contributed by atoms with Crippen molar-refractivity contribution >= 4 is 0 Å². The van der Waals surface area contributed by atoms with Crippen molar-refractivity contribution in [3.63, 3.8) is 0 Å². The molecule has 0 radical (unpaired) electrons. The van der Waals surface area contributed by atoms with Crippen LogP contribution < -0.4 is 9.47 Å². The van der Waals surface area contributed by atoms with Crippen LogP contribution in [-0.4, -0.2) is 21.9 Å². The summed E-state index contributed by atoms with van der Waals surface area (Å²) in [5.74, 6) is 2.17. The fraction of sp³-hybridized carbons (Fsp3) is 0.368. The summed E-state index contributed by atoms with van der Waals surface area (Å²) in [6.07, 6.45) is 0.436. The van der Waals surface area contributed by atoms with Gasteiger partial charge in [-0.15, -0.1) is 0 Å². The molecule has 122 valence electrons. The lowest BCUT2D eigenvalue weighted by atomic mass is 9.95. The first-order valence-electron chi connectivity index (χ1n) is 7.73. The number of hydrogen-bond acceptors (Lipinski definition) is 4. The Hall–Kier alpha value is -2.20. The first-order chi connectivity index (χ1) is 10.7. The number of fused-ring (bicyclic) bond motifs is 1. The van der Waals surface area contributed by atoms with E-state index in [-0.39, 0.29) is 11.9 Å². The summed E-state index contributed by atoms with van der Waals surface area (Å²) in [6.45, 7) is 7.42. The number of aromatic hydroxyl groups is 1. The van der Waals surface area contributed by atoms with E-state index in [1.54, 1.807) is 26.0 Å². The molecule has 0 bridgehead atoms. The van der Waals surface area contributed by atoms with Gasteiger partial charge in [-0.1, -0.05) is 0 Å². The molecule has 23 heavy (non-hydrogen) atoms. The van der Waals surface area contributed by atoms with Crippen molar-refractivity contribution in [2.24, 2.45) is 0 Å². The Morgan fingerprint density at radius 3 is 2.43 bits per heavy atom. The van der Waals surface area contributed by atoms with Crippen molar-refractivity contribution in [2.75, 3.05) is 0 Å². The molecule has 1 aliphatic rings. The Balaban J connectivity index is 1.88. The maximum Gasteiger partial charge on any atom is 0.131 e. The Morgan fingerprint density at radius 2 is 1.78 bits per heavy atom. The summed E-state index contributed by atoms with van der Waals surface area (Å²) in [7, 11) is 0. The van der Waals surface area contributed by atoms with Gasteiger partial charge in [0.1, 0.15) is 29.1 Å². The number of phenolic OH excluding ortho intramolecular Hbond substituents is 1. The number of phenols is 1. The van der Waals surface area contributed by atoms with Crippen LogP contribution in [0.25, 0.3) is 0 Å². The zero-order chi connectivity index (χ0) is 16.8. The van der Waals surface area contributed by atoms with Gasteiger partial charge < -0.3 is 19.7 Å². The Bertz CT molecular complexity index is 724. The van der Waals surface area contributed by atoms with Crippen LogP contribution in [0, 0.1) is 13.8 Å². The molecular weight excluding hydrogens is 292 g/mol. The van der Waals surface area contributed by atoms with Crippen molar-refractivity contribution < 1.29 is 19.7 Å². The summed E-state index contributed by atoms with van der Waals surface area (Å²) in [6, 6.07) is 8.92. The van der Waals surface area contributed by atoms with Gasteiger partial charge in [0.05, 0.1) is 5.60 Å². The first-order valence-corrected chi connectivity index (χ1v) is 7.73. The Kier molecular flexibility index (Phi) is 3.72. The van der Waals surface area contributed by atoms with Crippen molar-refractivity contribution in [3.8, 4) is 23.0 Å². The number of ether oxygens (including phenoxy) is 2. The van der Waals surface area contributed by atoms with Crippen molar-refractivity contribution in [2.45, 2.75) is 45.8 Å². The predicted molar refractivity (Wildman–Crippen MR) is 88.5 cm³/mol. The molecule has 1 atom stereocenters. The minimum Gasteiger partial charge on any atom is -0.508 e. The number of rotatable bonds is 3. The molecule has 0 aliphatic carbocycles. The molecule has 4 heteroatoms. The molecule has 3 rings (SSSR count). The normalized spacial score (nSPS) is 16.8. The zero-order valence-electron chi connectivity index (χ0n) is 13.9. The van der Waals surface area contributed by atoms with Gasteiger partial charge in [-0.3, -0.25) is 0 Å². The molecule has 1 unspecified atom stereocenters. The van der Waals surface area contributed by atoms with E-state index in [2.05, 4.69) is 0 Å². The first kappa shape index (κ1) is 15.7. The van der Waals surface area contributed by atoms with E-state index in [9.17, 15) is 10.2 Å². The molecule has 0 aromatic heterocycles. The second-order valence-electron chi connectivity index (χ2n) is 6.79. The number of benzene rings is 2. The van der Waals surface area contributed by atoms with Crippen LogP contribution in [0.4, 0.5) is 0 Å². The van der Waals surface area contributed by atoms with E-state index < -0.39 is 5.60 Å². The van der Waals surface area contributed by atoms with E-state index >= 15 is 0 Å². The van der Waals surface area contributed by atoms with Crippen LogP contribution in [0.1, 0.15) is 30.5 Å². The summed E-state index contributed by atoms with van der Waals surface area (Å²) in [5.41, 5.74) is 2.21. The molecular formula is C19H22O4. The van der Waals surface area contributed by atoms with Gasteiger partial charge in [0.25, 0.3) is 0 Å². The maximum atomic E-state index is 10.2. The van der Waals surface area contributed by atoms with Crippen LogP contribution in [0.15, 0.2) is 30.3 Å². The van der Waals surface area contributed by atoms with E-state index in [4.69, 9.17) is 9.47 Å². The van der Waals surface area contributed by atoms with Crippen molar-refractivity contribution in [3.05, 3.63) is 47.0 Å². The summed E-state index contributed by atoms with van der Waals surface area (Å²) in [5, 5.41) is 19.8. The van der Waals surface area contributed by atoms with Crippen LogP contribution in [-0.2, 0) is 6.42 Å². The SMILES string of the molecule is Cc1cc(O)cc(Oc2cc(C)c3c(c2)OC(C(C)(C)O)C3)c1. The van der Waals surface area contributed by atoms with E-state index in [1.165, 1.54) is 0 Å². The average molecular weight is 314 g/mol. The fourth-order valence-electron chi connectivity index (χ4n) is 2.88. The van der Waals surface area contributed by atoms with Gasteiger partial charge in [-0.2, -0.15) is 0 Å². The fourth-order valence-corrected chi connectivity index (χ4v) is 2.88. The zero-order valence-corrected chi connectivity index (χ0v) is 13.9. The highest BCUT2D eigenvalue weighted by atomic mass is 16.5. The standard InChI is InChI=1S/C19H22O4/c1-11-5-13(20)8-14(6-11)22-15-7-12(2)16-10-18(19(3,4)21)23-17(16)9-15/h5-9,18,20-21H,10H2,1-4H3. The molecule has 0 spiro atoms. The summed E-state index contributed by atoms with van der Waals surface area (Å²) >= 11 is 0. The van der Waals surface area contributed by atoms with E-state index in [0.717, 1.165) is 22.4 Å². The molecule has 0 amide bonds. The van der Waals surface area contributed by atoms with Crippen molar-refractivity contribution in [1.82, 2.24) is 0 Å². The molecule has 0 fully saturated rings. The average Bonchev–Trinajstić information content (AvgIpc) is 2.81. The lowest BCUT2D eigenvalue weighted by Crippen LogP contribution is -2.39. The number of aliphatic hydroxyl groups is 1. The molecule has 2 aromatic rings. The van der Waals surface area contributed by atoms with Gasteiger partial charge in [0, 0.05) is 24.1 Å². The highest BCUT2D eigenvalue weighted by molar-refractivity contribution is 5.50. The second-order valence-corrected chi connectivity index (χ2v) is 6.79. The monoisotopic (exact) mass is 314 g/mol. The van der Waals surface area contributed by atoms with Gasteiger partial charge in [0.15, 0.2) is 0 Å². The maximum absolute atomic E-state index is 10.2. The molecule has 2 aromatic carbocycles. The van der Waals surface area contributed by atoms with Gasteiger partial charge in [0.2, 0.25) is 0 Å². The number of aryl methyl sites for hydroxylation is 2. The lowest BCUT2D eigenvalue weighted by Gasteiger charge is -2.24. The van der Waals surface area contributed by atoms with E-state index in [1.807, 2.05) is 32.0 Å². The van der Waals surface area contributed by atoms with Crippen molar-refractivity contribution in [1.29, 1.82) is 0 Å². The van der Waals surface area contributed by atoms with Crippen LogP contribution in [0.5, 0.6) is 23.0 Å². The largest absolute Gasteiger partial charge is 0.508 e. The van der Waals surface area contributed by atoms with Gasteiger partial charge in [-0.25, -0.2) is 0 Å². The van der Waals surface area contributed by atoms with Gasteiger partial charge >= 0.3 is 0 Å². The highest BCUT2D eigenvalue weighted by Crippen LogP contribution is 2.39. The second kappa shape index (κ2) is 5.46. The lowest BCUT2D eigenvalue weighted by molar-refractivity contribution is -0.0230. The van der Waals surface area contributed by atoms with Crippen LogP contribution in [0.3, 0.4) is 0 Å². The number of hydrogen-bond donors (Lipinski definition) is 2. The molecule has 0 saturated carbocycles. The minimum atomic E-state index is -0.894. The van der Waals surface area contributed by atoms with Crippen LogP contribution >= 0.6 is 0 Å². The highest BCUT2D eigenvalue weighted by Gasteiger charge is 2.35. The molecule has 0 saturated heterocycles. The minimum absolute atomic E-state index is 0.177. The molecule has 1 heterocycles. The third-order valence-electron chi connectivity index (χ3n) is 4.12.